The van der Waals surface area contributed by atoms with Gasteiger partial charge in [0.2, 0.25) is 0 Å². The summed E-state index contributed by atoms with van der Waals surface area (Å²) < 4.78 is 26.0. The van der Waals surface area contributed by atoms with Gasteiger partial charge >= 0.3 is 0 Å². The number of nitrogens with one attached hydrogen (secondary N) is 1. The zero-order valence-electron chi connectivity index (χ0n) is 12.0. The zero-order valence-corrected chi connectivity index (χ0v) is 12.8. The van der Waals surface area contributed by atoms with Crippen LogP contribution in [0, 0.1) is 11.6 Å². The van der Waals surface area contributed by atoms with Crippen molar-refractivity contribution in [2.75, 3.05) is 0 Å². The maximum absolute atomic E-state index is 13.2. The molecule has 0 aliphatic carbocycles. The first-order chi connectivity index (χ1) is 9.95. The summed E-state index contributed by atoms with van der Waals surface area (Å²) in [5.74, 6) is -0.638. The minimum absolute atomic E-state index is 0.0542. The molecule has 2 atom stereocenters. The highest BCUT2D eigenvalue weighted by molar-refractivity contribution is 6.30. The summed E-state index contributed by atoms with van der Waals surface area (Å²) in [7, 11) is 0. The Kier molecular flexibility index (Phi) is 5.32. The molecule has 4 heteroatoms. The van der Waals surface area contributed by atoms with Crippen LogP contribution in [0.4, 0.5) is 8.78 Å². The van der Waals surface area contributed by atoms with Gasteiger partial charge in [-0.15, -0.1) is 0 Å². The van der Waals surface area contributed by atoms with E-state index >= 15 is 0 Å². The quantitative estimate of drug-likeness (QED) is 0.828. The Bertz CT molecular complexity index is 598. The van der Waals surface area contributed by atoms with E-state index in [-0.39, 0.29) is 22.9 Å². The van der Waals surface area contributed by atoms with E-state index in [1.165, 1.54) is 18.2 Å². The minimum Gasteiger partial charge on any atom is -0.307 e. The third-order valence-corrected chi connectivity index (χ3v) is 3.72. The van der Waals surface area contributed by atoms with Crippen LogP contribution < -0.4 is 5.32 Å². The fourth-order valence-electron chi connectivity index (χ4n) is 2.34. The second-order valence-electron chi connectivity index (χ2n) is 5.29. The smallest absolute Gasteiger partial charge is 0.141 e. The summed E-state index contributed by atoms with van der Waals surface area (Å²) in [6, 6.07) is 11.5. The van der Waals surface area contributed by atoms with Gasteiger partial charge in [-0.25, -0.2) is 8.78 Å². The summed E-state index contributed by atoms with van der Waals surface area (Å²) in [5, 5.41) is 3.56. The standard InChI is InChI=1S/C17H18ClF2N/c1-11(9-13-3-6-15(19)7-4-13)21-12(2)14-5-8-17(20)16(18)10-14/h3-8,10-12,21H,9H2,1-2H3. The fourth-order valence-corrected chi connectivity index (χ4v) is 2.53. The van der Waals surface area contributed by atoms with E-state index in [0.29, 0.717) is 0 Å². The Hall–Kier alpha value is -1.45. The molecule has 0 spiro atoms. The minimum atomic E-state index is -0.410. The highest BCUT2D eigenvalue weighted by Gasteiger charge is 2.12. The van der Waals surface area contributed by atoms with Crippen molar-refractivity contribution in [2.24, 2.45) is 0 Å². The van der Waals surface area contributed by atoms with Crippen molar-refractivity contribution in [3.05, 3.63) is 70.2 Å². The van der Waals surface area contributed by atoms with Crippen LogP contribution in [0.25, 0.3) is 0 Å². The van der Waals surface area contributed by atoms with Gasteiger partial charge in [0.15, 0.2) is 0 Å². The summed E-state index contributed by atoms with van der Waals surface area (Å²) in [5.41, 5.74) is 2.01. The highest BCUT2D eigenvalue weighted by atomic mass is 35.5. The average molecular weight is 310 g/mol. The van der Waals surface area contributed by atoms with Gasteiger partial charge in [-0.05, 0) is 55.7 Å². The van der Waals surface area contributed by atoms with Gasteiger partial charge in [0.1, 0.15) is 11.6 Å². The lowest BCUT2D eigenvalue weighted by Crippen LogP contribution is -2.30. The molecule has 0 heterocycles. The Morgan fingerprint density at radius 1 is 1.05 bits per heavy atom. The van der Waals surface area contributed by atoms with E-state index in [4.69, 9.17) is 11.6 Å². The molecule has 112 valence electrons. The van der Waals surface area contributed by atoms with Crippen LogP contribution in [0.3, 0.4) is 0 Å². The Balaban J connectivity index is 1.96. The van der Waals surface area contributed by atoms with E-state index < -0.39 is 5.82 Å². The molecule has 1 N–H and O–H groups in total. The van der Waals surface area contributed by atoms with Crippen molar-refractivity contribution >= 4 is 11.6 Å². The van der Waals surface area contributed by atoms with Gasteiger partial charge in [-0.1, -0.05) is 29.8 Å². The first kappa shape index (κ1) is 15.9. The maximum atomic E-state index is 13.2. The topological polar surface area (TPSA) is 12.0 Å². The number of hydrogen-bond donors (Lipinski definition) is 1. The van der Waals surface area contributed by atoms with E-state index in [0.717, 1.165) is 17.5 Å². The lowest BCUT2D eigenvalue weighted by molar-refractivity contribution is 0.476. The second-order valence-corrected chi connectivity index (χ2v) is 5.70. The van der Waals surface area contributed by atoms with Crippen molar-refractivity contribution in [1.29, 1.82) is 0 Å². The molecule has 2 aromatic rings. The number of benzene rings is 2. The summed E-state index contributed by atoms with van der Waals surface area (Å²) in [4.78, 5) is 0. The molecule has 0 bridgehead atoms. The van der Waals surface area contributed by atoms with Crippen LogP contribution in [0.15, 0.2) is 42.5 Å². The van der Waals surface area contributed by atoms with Crippen molar-refractivity contribution in [1.82, 2.24) is 5.32 Å². The molecular formula is C17H18ClF2N. The van der Waals surface area contributed by atoms with Crippen LogP contribution in [0.1, 0.15) is 31.0 Å². The van der Waals surface area contributed by atoms with Crippen molar-refractivity contribution in [3.63, 3.8) is 0 Å². The molecule has 0 saturated heterocycles. The number of hydrogen-bond acceptors (Lipinski definition) is 1. The first-order valence-corrected chi connectivity index (χ1v) is 7.29. The summed E-state index contributed by atoms with van der Waals surface area (Å²) >= 11 is 5.80. The molecule has 2 rings (SSSR count). The third-order valence-electron chi connectivity index (χ3n) is 3.43. The monoisotopic (exact) mass is 309 g/mol. The van der Waals surface area contributed by atoms with Gasteiger partial charge in [-0.2, -0.15) is 0 Å². The van der Waals surface area contributed by atoms with Crippen molar-refractivity contribution in [2.45, 2.75) is 32.4 Å². The molecule has 1 nitrogen and oxygen atoms in total. The van der Waals surface area contributed by atoms with E-state index in [1.54, 1.807) is 24.3 Å². The lowest BCUT2D eigenvalue weighted by Gasteiger charge is -2.21. The molecule has 0 saturated carbocycles. The van der Waals surface area contributed by atoms with Crippen LogP contribution >= 0.6 is 11.6 Å². The number of rotatable bonds is 5. The second kappa shape index (κ2) is 7.01. The fraction of sp³-hybridized carbons (Fsp3) is 0.294. The Morgan fingerprint density at radius 3 is 2.33 bits per heavy atom. The predicted octanol–water partition coefficient (Wildman–Crippen LogP) is 4.90. The summed E-state index contributed by atoms with van der Waals surface area (Å²) in [6.45, 7) is 4.07. The molecule has 2 unspecified atom stereocenters. The Morgan fingerprint density at radius 2 is 1.71 bits per heavy atom. The lowest BCUT2D eigenvalue weighted by atomic mass is 10.0. The van der Waals surface area contributed by atoms with Crippen LogP contribution in [-0.2, 0) is 6.42 Å². The SMILES string of the molecule is CC(Cc1ccc(F)cc1)NC(C)c1ccc(F)c(Cl)c1. The third kappa shape index (κ3) is 4.51. The predicted molar refractivity (Wildman–Crippen MR) is 82.5 cm³/mol. The zero-order chi connectivity index (χ0) is 15.4. The largest absolute Gasteiger partial charge is 0.307 e. The van der Waals surface area contributed by atoms with Crippen LogP contribution in [0.2, 0.25) is 5.02 Å². The van der Waals surface area contributed by atoms with E-state index in [2.05, 4.69) is 12.2 Å². The van der Waals surface area contributed by atoms with Gasteiger partial charge in [-0.3, -0.25) is 0 Å². The molecule has 0 aromatic heterocycles. The summed E-state index contributed by atoms with van der Waals surface area (Å²) in [6.07, 6.45) is 0.791. The molecule has 2 aromatic carbocycles. The van der Waals surface area contributed by atoms with E-state index in [9.17, 15) is 8.78 Å². The van der Waals surface area contributed by atoms with Gasteiger partial charge in [0.25, 0.3) is 0 Å². The van der Waals surface area contributed by atoms with Crippen molar-refractivity contribution < 1.29 is 8.78 Å². The molecule has 0 aliphatic rings. The average Bonchev–Trinajstić information content (AvgIpc) is 2.44. The molecular weight excluding hydrogens is 292 g/mol. The molecule has 0 fully saturated rings. The first-order valence-electron chi connectivity index (χ1n) is 6.91. The molecule has 0 radical (unpaired) electrons. The maximum Gasteiger partial charge on any atom is 0.141 e. The highest BCUT2D eigenvalue weighted by Crippen LogP contribution is 2.21. The van der Waals surface area contributed by atoms with Gasteiger partial charge in [0.05, 0.1) is 5.02 Å². The molecule has 0 aliphatic heterocycles. The van der Waals surface area contributed by atoms with E-state index in [1.807, 2.05) is 6.92 Å². The molecule has 21 heavy (non-hydrogen) atoms. The van der Waals surface area contributed by atoms with Crippen molar-refractivity contribution in [3.8, 4) is 0 Å². The Labute approximate surface area is 128 Å². The van der Waals surface area contributed by atoms with Gasteiger partial charge in [0, 0.05) is 12.1 Å². The number of halogens is 3. The normalized spacial score (nSPS) is 14.0. The van der Waals surface area contributed by atoms with Crippen LogP contribution in [-0.4, -0.2) is 6.04 Å². The van der Waals surface area contributed by atoms with Crippen LogP contribution in [0.5, 0.6) is 0 Å². The molecule has 0 amide bonds. The van der Waals surface area contributed by atoms with Gasteiger partial charge < -0.3 is 5.32 Å².